The number of rotatable bonds is 4. The lowest BCUT2D eigenvalue weighted by Crippen LogP contribution is -2.25. The number of thiophene rings is 1. The summed E-state index contributed by atoms with van der Waals surface area (Å²) in [5, 5.41) is 5.78. The van der Waals surface area contributed by atoms with Gasteiger partial charge in [0.1, 0.15) is 7.85 Å². The summed E-state index contributed by atoms with van der Waals surface area (Å²) >= 11 is 1.23. The molecule has 1 aromatic carbocycles. The monoisotopic (exact) mass is 310 g/mol. The number of hydrogen-bond acceptors (Lipinski definition) is 3. The van der Waals surface area contributed by atoms with Gasteiger partial charge in [-0.3, -0.25) is 9.59 Å². The van der Waals surface area contributed by atoms with Crippen molar-refractivity contribution < 1.29 is 9.59 Å². The largest absolute Gasteiger partial charge is 0.349 e. The van der Waals surface area contributed by atoms with Crippen LogP contribution in [0.15, 0.2) is 30.3 Å². The summed E-state index contributed by atoms with van der Waals surface area (Å²) in [7, 11) is 5.64. The summed E-state index contributed by atoms with van der Waals surface area (Å²) < 4.78 is 0.597. The summed E-state index contributed by atoms with van der Waals surface area (Å²) in [6.45, 7) is 1.89. The summed E-state index contributed by atoms with van der Waals surface area (Å²) in [5.74, 6) is -0.317. The number of nitrogens with one attached hydrogen (secondary N) is 2. The Morgan fingerprint density at radius 1 is 1.18 bits per heavy atom. The van der Waals surface area contributed by atoms with Crippen LogP contribution < -0.4 is 15.4 Å². The summed E-state index contributed by atoms with van der Waals surface area (Å²) in [5.41, 5.74) is 2.10. The molecule has 2 aromatic rings. The van der Waals surface area contributed by atoms with Crippen molar-refractivity contribution >= 4 is 41.5 Å². The van der Waals surface area contributed by atoms with Gasteiger partial charge in [0.05, 0.1) is 4.88 Å². The Bertz CT molecular complexity index is 737. The minimum Gasteiger partial charge on any atom is -0.349 e. The maximum Gasteiger partial charge on any atom is 0.265 e. The van der Waals surface area contributed by atoms with E-state index < -0.39 is 0 Å². The number of amides is 2. The van der Waals surface area contributed by atoms with Gasteiger partial charge in [-0.05, 0) is 48.3 Å². The average molecular weight is 310 g/mol. The second-order valence-corrected chi connectivity index (χ2v) is 6.55. The lowest BCUT2D eigenvalue weighted by molar-refractivity contribution is 0.0949. The molecule has 1 heterocycles. The van der Waals surface area contributed by atoms with Gasteiger partial charge in [0.15, 0.2) is 0 Å². The number of benzene rings is 1. The van der Waals surface area contributed by atoms with Crippen LogP contribution in [-0.4, -0.2) is 25.7 Å². The minimum absolute atomic E-state index is 0.0987. The van der Waals surface area contributed by atoms with Crippen molar-refractivity contribution in [2.75, 3.05) is 5.32 Å². The van der Waals surface area contributed by atoms with E-state index in [1.54, 1.807) is 24.3 Å². The van der Waals surface area contributed by atoms with E-state index in [1.165, 1.54) is 11.3 Å². The summed E-state index contributed by atoms with van der Waals surface area (Å²) in [6, 6.07) is 9.01. The van der Waals surface area contributed by atoms with Crippen molar-refractivity contribution in [3.63, 3.8) is 0 Å². The van der Waals surface area contributed by atoms with Crippen molar-refractivity contribution in [2.45, 2.75) is 25.8 Å². The molecule has 3 rings (SSSR count). The number of carbonyl (C=O) groups is 2. The van der Waals surface area contributed by atoms with E-state index in [0.29, 0.717) is 26.9 Å². The Morgan fingerprint density at radius 2 is 1.95 bits per heavy atom. The average Bonchev–Trinajstić information content (AvgIpc) is 3.19. The zero-order chi connectivity index (χ0) is 15.7. The SMILES string of the molecule is [B]c1ccc(C(=O)Nc2cc(C(=O)NC3CC3)ccc2C)s1. The van der Waals surface area contributed by atoms with E-state index in [1.807, 2.05) is 13.0 Å². The Kier molecular flexibility index (Phi) is 4.03. The van der Waals surface area contributed by atoms with Crippen LogP contribution in [0, 0.1) is 6.92 Å². The molecule has 2 radical (unpaired) electrons. The molecule has 2 amide bonds. The van der Waals surface area contributed by atoms with Crippen molar-refractivity contribution in [3.8, 4) is 0 Å². The Balaban J connectivity index is 1.77. The second-order valence-electron chi connectivity index (χ2n) is 5.43. The molecule has 0 spiro atoms. The molecule has 22 heavy (non-hydrogen) atoms. The topological polar surface area (TPSA) is 58.2 Å². The fourth-order valence-electron chi connectivity index (χ4n) is 2.05. The van der Waals surface area contributed by atoms with Crippen LogP contribution in [-0.2, 0) is 0 Å². The van der Waals surface area contributed by atoms with Crippen molar-refractivity contribution in [3.05, 3.63) is 46.3 Å². The molecule has 0 atom stereocenters. The maximum absolute atomic E-state index is 12.2. The molecule has 2 N–H and O–H groups in total. The molecule has 1 fully saturated rings. The predicted octanol–water partition coefficient (Wildman–Crippen LogP) is 1.99. The second kappa shape index (κ2) is 5.97. The highest BCUT2D eigenvalue weighted by molar-refractivity contribution is 7.21. The first-order chi connectivity index (χ1) is 10.5. The smallest absolute Gasteiger partial charge is 0.265 e. The van der Waals surface area contributed by atoms with Gasteiger partial charge in [0.2, 0.25) is 0 Å². The van der Waals surface area contributed by atoms with Crippen LogP contribution in [0.2, 0.25) is 0 Å². The van der Waals surface area contributed by atoms with Crippen LogP contribution in [0.25, 0.3) is 0 Å². The zero-order valence-corrected chi connectivity index (χ0v) is 13.0. The van der Waals surface area contributed by atoms with Gasteiger partial charge in [-0.15, -0.1) is 11.3 Å². The zero-order valence-electron chi connectivity index (χ0n) is 12.2. The first kappa shape index (κ1) is 14.8. The lowest BCUT2D eigenvalue weighted by Gasteiger charge is -2.10. The van der Waals surface area contributed by atoms with E-state index in [2.05, 4.69) is 10.6 Å². The third-order valence-electron chi connectivity index (χ3n) is 3.51. The molecule has 6 heteroatoms. The van der Waals surface area contributed by atoms with Gasteiger partial charge in [0, 0.05) is 17.3 Å². The van der Waals surface area contributed by atoms with Crippen molar-refractivity contribution in [1.82, 2.24) is 5.32 Å². The van der Waals surface area contributed by atoms with Crippen molar-refractivity contribution in [1.29, 1.82) is 0 Å². The molecule has 0 bridgehead atoms. The molecule has 0 aliphatic heterocycles. The molecule has 1 aliphatic carbocycles. The maximum atomic E-state index is 12.2. The van der Waals surface area contributed by atoms with Gasteiger partial charge in [-0.1, -0.05) is 12.1 Å². The first-order valence-electron chi connectivity index (χ1n) is 7.11. The van der Waals surface area contributed by atoms with Gasteiger partial charge in [-0.2, -0.15) is 0 Å². The molecule has 1 saturated carbocycles. The van der Waals surface area contributed by atoms with Crippen LogP contribution in [0.3, 0.4) is 0 Å². The van der Waals surface area contributed by atoms with E-state index >= 15 is 0 Å². The Labute approximate surface area is 134 Å². The van der Waals surface area contributed by atoms with Gasteiger partial charge < -0.3 is 10.6 Å². The molecule has 1 aromatic heterocycles. The van der Waals surface area contributed by atoms with Crippen molar-refractivity contribution in [2.24, 2.45) is 0 Å². The number of aryl methyl sites for hydroxylation is 1. The number of hydrogen-bond donors (Lipinski definition) is 2. The normalized spacial score (nSPS) is 13.7. The van der Waals surface area contributed by atoms with Gasteiger partial charge >= 0.3 is 0 Å². The molecule has 1 aliphatic rings. The number of carbonyl (C=O) groups excluding carboxylic acids is 2. The fraction of sp³-hybridized carbons (Fsp3) is 0.250. The lowest BCUT2D eigenvalue weighted by atomic mass is 10.1. The quantitative estimate of drug-likeness (QED) is 0.849. The van der Waals surface area contributed by atoms with E-state index in [9.17, 15) is 9.59 Å². The Morgan fingerprint density at radius 3 is 2.59 bits per heavy atom. The highest BCUT2D eigenvalue weighted by Crippen LogP contribution is 2.22. The van der Waals surface area contributed by atoms with E-state index in [0.717, 1.165) is 18.4 Å². The fourth-order valence-corrected chi connectivity index (χ4v) is 2.72. The molecule has 0 unspecified atom stereocenters. The third kappa shape index (κ3) is 3.39. The Hall–Kier alpha value is -2.08. The van der Waals surface area contributed by atoms with Crippen LogP contribution in [0.1, 0.15) is 38.4 Å². The van der Waals surface area contributed by atoms with Crippen LogP contribution in [0.5, 0.6) is 0 Å². The number of anilines is 1. The van der Waals surface area contributed by atoms with Crippen LogP contribution >= 0.6 is 11.3 Å². The summed E-state index contributed by atoms with van der Waals surface area (Å²) in [6.07, 6.45) is 2.09. The highest BCUT2D eigenvalue weighted by Gasteiger charge is 2.24. The van der Waals surface area contributed by atoms with Gasteiger partial charge in [0.25, 0.3) is 11.8 Å². The summed E-state index contributed by atoms with van der Waals surface area (Å²) in [4.78, 5) is 24.8. The molecular weight excluding hydrogens is 295 g/mol. The van der Waals surface area contributed by atoms with E-state index in [4.69, 9.17) is 7.85 Å². The van der Waals surface area contributed by atoms with E-state index in [-0.39, 0.29) is 11.8 Å². The molecular formula is C16H15BN2O2S. The standard InChI is InChI=1S/C16H15BN2O2S/c1-9-2-3-10(15(20)18-11-4-5-11)8-12(9)19-16(21)13-6-7-14(17)22-13/h2-3,6-8,11H,4-5H2,1H3,(H,18,20)(H,19,21). The third-order valence-corrected chi connectivity index (χ3v) is 4.42. The molecule has 0 saturated heterocycles. The predicted molar refractivity (Wildman–Crippen MR) is 89.3 cm³/mol. The molecule has 110 valence electrons. The molecule has 4 nitrogen and oxygen atoms in total. The first-order valence-corrected chi connectivity index (χ1v) is 7.93. The minimum atomic E-state index is -0.218. The van der Waals surface area contributed by atoms with Gasteiger partial charge in [-0.25, -0.2) is 0 Å². The van der Waals surface area contributed by atoms with Crippen LogP contribution in [0.4, 0.5) is 5.69 Å². The highest BCUT2D eigenvalue weighted by atomic mass is 32.1.